The topological polar surface area (TPSA) is 70.4 Å². The van der Waals surface area contributed by atoms with Gasteiger partial charge in [-0.3, -0.25) is 4.79 Å². The van der Waals surface area contributed by atoms with Gasteiger partial charge in [0.25, 0.3) is 5.56 Å². The minimum atomic E-state index is -0.461. The molecule has 0 spiro atoms. The molecule has 3 unspecified atom stereocenters. The predicted molar refractivity (Wildman–Crippen MR) is 116 cm³/mol. The first-order valence-corrected chi connectivity index (χ1v) is 11.9. The fourth-order valence-electron chi connectivity index (χ4n) is 5.46. The van der Waals surface area contributed by atoms with Crippen molar-refractivity contribution in [3.8, 4) is 0 Å². The predicted octanol–water partition coefficient (Wildman–Crippen LogP) is 3.25. The second kappa shape index (κ2) is 9.61. The lowest BCUT2D eigenvalue weighted by molar-refractivity contribution is 0.0669. The lowest BCUT2D eigenvalue weighted by Crippen LogP contribution is -2.49. The van der Waals surface area contributed by atoms with Gasteiger partial charge in [0.2, 0.25) is 0 Å². The van der Waals surface area contributed by atoms with Gasteiger partial charge in [0.15, 0.2) is 0 Å². The SMILES string of the molecule is CC1CCC(NCC2CCCCN2c2ccc(=O)n(C3CCCCC3O)n2)CC1. The molecule has 0 bridgehead atoms. The zero-order valence-electron chi connectivity index (χ0n) is 17.9. The van der Waals surface area contributed by atoms with Gasteiger partial charge in [-0.25, -0.2) is 4.68 Å². The third kappa shape index (κ3) is 5.02. The van der Waals surface area contributed by atoms with E-state index in [9.17, 15) is 9.90 Å². The van der Waals surface area contributed by atoms with Crippen LogP contribution in [0.5, 0.6) is 0 Å². The van der Waals surface area contributed by atoms with Crippen LogP contribution in [0.2, 0.25) is 0 Å². The van der Waals surface area contributed by atoms with Gasteiger partial charge in [0, 0.05) is 31.2 Å². The number of anilines is 1. The molecular weight excluding hydrogens is 364 g/mol. The maximum atomic E-state index is 12.5. The number of aromatic nitrogens is 2. The Morgan fingerprint density at radius 1 is 1.03 bits per heavy atom. The molecular formula is C23H38N4O2. The zero-order valence-corrected chi connectivity index (χ0v) is 17.9. The number of nitrogens with zero attached hydrogens (tertiary/aromatic N) is 3. The van der Waals surface area contributed by atoms with Crippen LogP contribution >= 0.6 is 0 Å². The van der Waals surface area contributed by atoms with Gasteiger partial charge in [0.05, 0.1) is 12.1 Å². The van der Waals surface area contributed by atoms with Crippen LogP contribution in [0, 0.1) is 5.92 Å². The summed E-state index contributed by atoms with van der Waals surface area (Å²) in [5.74, 6) is 1.77. The van der Waals surface area contributed by atoms with Gasteiger partial charge in [0.1, 0.15) is 5.82 Å². The molecule has 6 nitrogen and oxygen atoms in total. The number of aliphatic hydroxyl groups excluding tert-OH is 1. The number of aliphatic hydroxyl groups is 1. The van der Waals surface area contributed by atoms with E-state index >= 15 is 0 Å². The highest BCUT2D eigenvalue weighted by atomic mass is 16.3. The van der Waals surface area contributed by atoms with Crippen molar-refractivity contribution in [1.29, 1.82) is 0 Å². The van der Waals surface area contributed by atoms with Gasteiger partial charge in [-0.2, -0.15) is 5.10 Å². The average Bonchev–Trinajstić information content (AvgIpc) is 2.75. The van der Waals surface area contributed by atoms with Gasteiger partial charge in [-0.1, -0.05) is 19.8 Å². The maximum absolute atomic E-state index is 12.5. The molecule has 2 aliphatic carbocycles. The molecule has 0 radical (unpaired) electrons. The Bertz CT molecular complexity index is 713. The smallest absolute Gasteiger partial charge is 0.267 e. The van der Waals surface area contributed by atoms with Crippen molar-refractivity contribution >= 4 is 5.82 Å². The lowest BCUT2D eigenvalue weighted by atomic mass is 9.87. The van der Waals surface area contributed by atoms with Gasteiger partial charge in [-0.15, -0.1) is 0 Å². The molecule has 2 heterocycles. The molecule has 2 saturated carbocycles. The van der Waals surface area contributed by atoms with E-state index in [1.54, 1.807) is 10.7 Å². The third-order valence-corrected chi connectivity index (χ3v) is 7.40. The Hall–Kier alpha value is -1.40. The van der Waals surface area contributed by atoms with Crippen molar-refractivity contribution in [2.24, 2.45) is 5.92 Å². The summed E-state index contributed by atoms with van der Waals surface area (Å²) in [6, 6.07) is 4.42. The Kier molecular flexibility index (Phi) is 6.91. The molecule has 29 heavy (non-hydrogen) atoms. The van der Waals surface area contributed by atoms with Crippen LogP contribution in [0.4, 0.5) is 5.82 Å². The largest absolute Gasteiger partial charge is 0.391 e. The van der Waals surface area contributed by atoms with Crippen LogP contribution in [0.25, 0.3) is 0 Å². The number of rotatable bonds is 5. The summed E-state index contributed by atoms with van der Waals surface area (Å²) >= 11 is 0. The van der Waals surface area contributed by atoms with Gasteiger partial charge >= 0.3 is 0 Å². The minimum absolute atomic E-state index is 0.0947. The lowest BCUT2D eigenvalue weighted by Gasteiger charge is -2.38. The molecule has 1 aromatic heterocycles. The van der Waals surface area contributed by atoms with Crippen molar-refractivity contribution in [2.45, 2.75) is 102 Å². The summed E-state index contributed by atoms with van der Waals surface area (Å²) in [4.78, 5) is 14.9. The molecule has 162 valence electrons. The van der Waals surface area contributed by atoms with Gasteiger partial charge in [-0.05, 0) is 69.8 Å². The van der Waals surface area contributed by atoms with E-state index in [0.29, 0.717) is 12.1 Å². The molecule has 0 amide bonds. The van der Waals surface area contributed by atoms with Gasteiger partial charge < -0.3 is 15.3 Å². The number of piperidine rings is 1. The zero-order chi connectivity index (χ0) is 20.2. The molecule has 6 heteroatoms. The van der Waals surface area contributed by atoms with E-state index in [4.69, 9.17) is 5.10 Å². The Balaban J connectivity index is 1.46. The highest BCUT2D eigenvalue weighted by Crippen LogP contribution is 2.29. The first-order valence-electron chi connectivity index (χ1n) is 11.9. The summed E-state index contributed by atoms with van der Waals surface area (Å²) in [5, 5.41) is 19.0. The molecule has 2 N–H and O–H groups in total. The van der Waals surface area contributed by atoms with Crippen LogP contribution < -0.4 is 15.8 Å². The highest BCUT2D eigenvalue weighted by Gasteiger charge is 2.29. The Labute approximate surface area is 174 Å². The quantitative estimate of drug-likeness (QED) is 0.791. The van der Waals surface area contributed by atoms with Crippen LogP contribution in [-0.2, 0) is 0 Å². The van der Waals surface area contributed by atoms with Crippen molar-refractivity contribution in [3.05, 3.63) is 22.5 Å². The molecule has 4 rings (SSSR count). The summed E-state index contributed by atoms with van der Waals surface area (Å²) in [7, 11) is 0. The summed E-state index contributed by atoms with van der Waals surface area (Å²) in [6.07, 6.45) is 12.1. The molecule has 0 aromatic carbocycles. The van der Waals surface area contributed by atoms with Crippen LogP contribution in [0.3, 0.4) is 0 Å². The second-order valence-corrected chi connectivity index (χ2v) is 9.60. The van der Waals surface area contributed by atoms with Crippen molar-refractivity contribution < 1.29 is 5.11 Å². The number of nitrogens with one attached hydrogen (secondary N) is 1. The highest BCUT2D eigenvalue weighted by molar-refractivity contribution is 5.39. The minimum Gasteiger partial charge on any atom is -0.391 e. The van der Waals surface area contributed by atoms with Crippen molar-refractivity contribution in [1.82, 2.24) is 15.1 Å². The molecule has 1 aliphatic heterocycles. The van der Waals surface area contributed by atoms with Crippen LogP contribution in [0.15, 0.2) is 16.9 Å². The molecule has 3 atom stereocenters. The first-order chi connectivity index (χ1) is 14.1. The molecule has 1 aromatic rings. The molecule has 1 saturated heterocycles. The van der Waals surface area contributed by atoms with E-state index in [2.05, 4.69) is 17.1 Å². The first kappa shape index (κ1) is 20.9. The monoisotopic (exact) mass is 402 g/mol. The molecule has 3 fully saturated rings. The Morgan fingerprint density at radius 2 is 1.79 bits per heavy atom. The fraction of sp³-hybridized carbons (Fsp3) is 0.826. The number of hydrogen-bond donors (Lipinski definition) is 2. The Morgan fingerprint density at radius 3 is 2.59 bits per heavy atom. The normalized spacial score (nSPS) is 33.6. The van der Waals surface area contributed by atoms with E-state index in [1.807, 2.05) is 6.07 Å². The van der Waals surface area contributed by atoms with Crippen molar-refractivity contribution in [3.63, 3.8) is 0 Å². The fourth-order valence-corrected chi connectivity index (χ4v) is 5.46. The molecule has 3 aliphatic rings. The third-order valence-electron chi connectivity index (χ3n) is 7.40. The van der Waals surface area contributed by atoms with E-state index in [0.717, 1.165) is 50.5 Å². The van der Waals surface area contributed by atoms with Crippen LogP contribution in [0.1, 0.15) is 83.6 Å². The summed E-state index contributed by atoms with van der Waals surface area (Å²) in [5.41, 5.74) is -0.0947. The van der Waals surface area contributed by atoms with Crippen molar-refractivity contribution in [2.75, 3.05) is 18.0 Å². The standard InChI is InChI=1S/C23H38N4O2/c1-17-9-11-18(12-10-17)24-16-19-6-4-5-15-26(19)22-13-14-23(29)27(25-22)20-7-2-3-8-21(20)28/h13-14,17-21,24,28H,2-12,15-16H2,1H3. The maximum Gasteiger partial charge on any atom is 0.267 e. The van der Waals surface area contributed by atoms with E-state index < -0.39 is 6.10 Å². The van der Waals surface area contributed by atoms with E-state index in [-0.39, 0.29) is 11.6 Å². The second-order valence-electron chi connectivity index (χ2n) is 9.60. The average molecular weight is 403 g/mol. The summed E-state index contributed by atoms with van der Waals surface area (Å²) in [6.45, 7) is 4.35. The summed E-state index contributed by atoms with van der Waals surface area (Å²) < 4.78 is 1.57. The number of hydrogen-bond acceptors (Lipinski definition) is 5. The van der Waals surface area contributed by atoms with E-state index in [1.165, 1.54) is 44.9 Å². The van der Waals surface area contributed by atoms with Crippen LogP contribution in [-0.4, -0.2) is 46.2 Å².